The molecule has 2 aliphatic heterocycles. The van der Waals surface area contributed by atoms with Crippen LogP contribution in [0.4, 0.5) is 4.79 Å². The zero-order chi connectivity index (χ0) is 16.8. The number of carbonyl (C=O) groups is 4. The minimum absolute atomic E-state index is 0.0328. The van der Waals surface area contributed by atoms with Crippen LogP contribution in [0.3, 0.4) is 0 Å². The number of hydrogen-bond acceptors (Lipinski definition) is 4. The van der Waals surface area contributed by atoms with Crippen molar-refractivity contribution < 1.29 is 24.3 Å². The molecule has 2 heterocycles. The Morgan fingerprint density at radius 3 is 2.35 bits per heavy atom. The molecule has 0 aromatic rings. The number of hydrogen-bond donors (Lipinski definition) is 3. The van der Waals surface area contributed by atoms with Gasteiger partial charge in [-0.05, 0) is 39.0 Å². The molecule has 3 fully saturated rings. The zero-order valence-corrected chi connectivity index (χ0v) is 13.1. The molecule has 4 amide bonds. The smallest absolute Gasteiger partial charge is 0.322 e. The van der Waals surface area contributed by atoms with E-state index in [1.165, 1.54) is 0 Å². The molecule has 0 bridgehead atoms. The van der Waals surface area contributed by atoms with Crippen LogP contribution in [0.2, 0.25) is 0 Å². The predicted molar refractivity (Wildman–Crippen MR) is 78.3 cm³/mol. The average molecular weight is 323 g/mol. The van der Waals surface area contributed by atoms with E-state index < -0.39 is 23.0 Å². The minimum Gasteiger partial charge on any atom is -0.481 e. The SMILES string of the molecule is CC1(C(=O)O)CCN(C(=O)C2CCC3(CC2)NC(=O)NC3=O)C1. The van der Waals surface area contributed by atoms with E-state index in [0.717, 1.165) is 0 Å². The fourth-order valence-electron chi connectivity index (χ4n) is 3.82. The second-order valence-corrected chi connectivity index (χ2v) is 7.14. The lowest BCUT2D eigenvalue weighted by atomic mass is 9.76. The zero-order valence-electron chi connectivity index (χ0n) is 13.1. The molecule has 126 valence electrons. The lowest BCUT2D eigenvalue weighted by Crippen LogP contribution is -2.51. The topological polar surface area (TPSA) is 116 Å². The number of urea groups is 1. The van der Waals surface area contributed by atoms with Crippen molar-refractivity contribution in [1.82, 2.24) is 15.5 Å². The number of nitrogens with zero attached hydrogens (tertiary/aromatic N) is 1. The van der Waals surface area contributed by atoms with Crippen molar-refractivity contribution in [2.75, 3.05) is 13.1 Å². The van der Waals surface area contributed by atoms with Crippen LogP contribution in [0.25, 0.3) is 0 Å². The van der Waals surface area contributed by atoms with Crippen molar-refractivity contribution in [3.8, 4) is 0 Å². The summed E-state index contributed by atoms with van der Waals surface area (Å²) in [6.07, 6.45) is 2.37. The summed E-state index contributed by atoms with van der Waals surface area (Å²) >= 11 is 0. The van der Waals surface area contributed by atoms with E-state index in [4.69, 9.17) is 0 Å². The number of rotatable bonds is 2. The Bertz CT molecular complexity index is 582. The molecule has 1 saturated carbocycles. The Hall–Kier alpha value is -2.12. The lowest BCUT2D eigenvalue weighted by Gasteiger charge is -2.35. The molecule has 2 saturated heterocycles. The average Bonchev–Trinajstić information content (AvgIpc) is 3.02. The molecule has 0 radical (unpaired) electrons. The third-order valence-corrected chi connectivity index (χ3v) is 5.50. The van der Waals surface area contributed by atoms with Crippen LogP contribution in [0.15, 0.2) is 0 Å². The molecule has 8 nitrogen and oxygen atoms in total. The molecule has 3 rings (SSSR count). The molecule has 1 unspecified atom stereocenters. The van der Waals surface area contributed by atoms with Gasteiger partial charge in [-0.25, -0.2) is 4.79 Å². The van der Waals surface area contributed by atoms with Gasteiger partial charge in [-0.3, -0.25) is 19.7 Å². The first-order valence-electron chi connectivity index (χ1n) is 7.92. The van der Waals surface area contributed by atoms with Gasteiger partial charge in [0.25, 0.3) is 5.91 Å². The molecule has 3 aliphatic rings. The van der Waals surface area contributed by atoms with E-state index in [1.54, 1.807) is 11.8 Å². The van der Waals surface area contributed by atoms with Crippen molar-refractivity contribution in [2.24, 2.45) is 11.3 Å². The number of amides is 4. The van der Waals surface area contributed by atoms with E-state index in [2.05, 4.69) is 10.6 Å². The first-order chi connectivity index (χ1) is 10.8. The molecule has 1 spiro atoms. The predicted octanol–water partition coefficient (Wildman–Crippen LogP) is 0.0780. The fourth-order valence-corrected chi connectivity index (χ4v) is 3.82. The third kappa shape index (κ3) is 2.55. The van der Waals surface area contributed by atoms with Gasteiger partial charge in [-0.1, -0.05) is 0 Å². The van der Waals surface area contributed by atoms with E-state index >= 15 is 0 Å². The van der Waals surface area contributed by atoms with Crippen molar-refractivity contribution in [3.63, 3.8) is 0 Å². The van der Waals surface area contributed by atoms with Crippen molar-refractivity contribution in [2.45, 2.75) is 44.6 Å². The second-order valence-electron chi connectivity index (χ2n) is 7.14. The summed E-state index contributed by atoms with van der Waals surface area (Å²) in [5, 5.41) is 14.2. The Morgan fingerprint density at radius 1 is 1.22 bits per heavy atom. The summed E-state index contributed by atoms with van der Waals surface area (Å²) in [4.78, 5) is 48.7. The highest BCUT2D eigenvalue weighted by molar-refractivity contribution is 6.07. The molecule has 1 atom stereocenters. The molecular formula is C15H21N3O5. The van der Waals surface area contributed by atoms with Gasteiger partial charge >= 0.3 is 12.0 Å². The summed E-state index contributed by atoms with van der Waals surface area (Å²) in [5.74, 6) is -1.43. The molecule has 3 N–H and O–H groups in total. The molecule has 0 aromatic heterocycles. The van der Waals surface area contributed by atoms with E-state index in [1.807, 2.05) is 0 Å². The molecule has 23 heavy (non-hydrogen) atoms. The van der Waals surface area contributed by atoms with Gasteiger partial charge in [0, 0.05) is 19.0 Å². The number of aliphatic carboxylic acids is 1. The van der Waals surface area contributed by atoms with Crippen molar-refractivity contribution >= 4 is 23.8 Å². The maximum Gasteiger partial charge on any atom is 0.322 e. The molecule has 1 aliphatic carbocycles. The molecular weight excluding hydrogens is 302 g/mol. The van der Waals surface area contributed by atoms with Crippen LogP contribution in [0, 0.1) is 11.3 Å². The number of carbonyl (C=O) groups excluding carboxylic acids is 3. The number of nitrogens with one attached hydrogen (secondary N) is 2. The van der Waals surface area contributed by atoms with Gasteiger partial charge in [0.1, 0.15) is 5.54 Å². The van der Waals surface area contributed by atoms with Gasteiger partial charge in [0.05, 0.1) is 5.41 Å². The number of imide groups is 1. The van der Waals surface area contributed by atoms with Gasteiger partial charge in [0.15, 0.2) is 0 Å². The van der Waals surface area contributed by atoms with Crippen molar-refractivity contribution in [3.05, 3.63) is 0 Å². The number of carboxylic acids is 1. The lowest BCUT2D eigenvalue weighted by molar-refractivity contribution is -0.148. The van der Waals surface area contributed by atoms with Crippen LogP contribution in [-0.2, 0) is 14.4 Å². The summed E-state index contributed by atoms with van der Waals surface area (Å²) in [5.41, 5.74) is -1.74. The Labute approximate surface area is 133 Å². The van der Waals surface area contributed by atoms with Gasteiger partial charge < -0.3 is 15.3 Å². The normalized spacial score (nSPS) is 36.9. The molecule has 8 heteroatoms. The third-order valence-electron chi connectivity index (χ3n) is 5.50. The first kappa shape index (κ1) is 15.8. The second kappa shape index (κ2) is 5.21. The summed E-state index contributed by atoms with van der Waals surface area (Å²) in [6, 6.07) is -0.475. The van der Waals surface area contributed by atoms with E-state index in [-0.39, 0.29) is 24.3 Å². The largest absolute Gasteiger partial charge is 0.481 e. The maximum atomic E-state index is 12.6. The summed E-state index contributed by atoms with van der Waals surface area (Å²) in [7, 11) is 0. The van der Waals surface area contributed by atoms with Gasteiger partial charge in [-0.2, -0.15) is 0 Å². The van der Waals surface area contributed by atoms with Crippen LogP contribution in [0.1, 0.15) is 39.0 Å². The maximum absolute atomic E-state index is 12.6. The standard InChI is InChI=1S/C15H21N3O5/c1-14(12(21)22)6-7-18(8-14)10(19)9-2-4-15(5-3-9)11(20)16-13(23)17-15/h9H,2-8H2,1H3,(H,21,22)(H2,16,17,20,23). The summed E-state index contributed by atoms with van der Waals surface area (Å²) in [6.45, 7) is 2.36. The highest BCUT2D eigenvalue weighted by Gasteiger charge is 2.50. The highest BCUT2D eigenvalue weighted by atomic mass is 16.4. The Balaban J connectivity index is 1.60. The minimum atomic E-state index is -0.874. The van der Waals surface area contributed by atoms with Gasteiger partial charge in [0.2, 0.25) is 5.91 Å². The molecule has 0 aromatic carbocycles. The van der Waals surface area contributed by atoms with E-state index in [0.29, 0.717) is 38.6 Å². The van der Waals surface area contributed by atoms with Crippen molar-refractivity contribution in [1.29, 1.82) is 0 Å². The monoisotopic (exact) mass is 323 g/mol. The highest BCUT2D eigenvalue weighted by Crippen LogP contribution is 2.37. The fraction of sp³-hybridized carbons (Fsp3) is 0.733. The Morgan fingerprint density at radius 2 is 1.87 bits per heavy atom. The quantitative estimate of drug-likeness (QED) is 0.622. The van der Waals surface area contributed by atoms with Crippen LogP contribution < -0.4 is 10.6 Å². The Kier molecular flexibility index (Phi) is 3.57. The van der Waals surface area contributed by atoms with Gasteiger partial charge in [-0.15, -0.1) is 0 Å². The summed E-state index contributed by atoms with van der Waals surface area (Å²) < 4.78 is 0. The first-order valence-corrected chi connectivity index (χ1v) is 7.92. The van der Waals surface area contributed by atoms with E-state index in [9.17, 15) is 24.3 Å². The van der Waals surface area contributed by atoms with Crippen LogP contribution in [-0.4, -0.2) is 52.4 Å². The van der Waals surface area contributed by atoms with Crippen LogP contribution >= 0.6 is 0 Å². The van der Waals surface area contributed by atoms with Crippen LogP contribution in [0.5, 0.6) is 0 Å². The number of likely N-dealkylation sites (tertiary alicyclic amines) is 1. The number of carboxylic acid groups (broad SMARTS) is 1.